The molecule has 0 amide bonds. The van der Waals surface area contributed by atoms with Gasteiger partial charge in [-0.05, 0) is 35.6 Å². The minimum Gasteiger partial charge on any atom is -0.385 e. The van der Waals surface area contributed by atoms with Gasteiger partial charge in [0.15, 0.2) is 6.29 Å². The monoisotopic (exact) mass is 451 g/mol. The second-order valence-corrected chi connectivity index (χ2v) is 9.83. The molecule has 1 fully saturated rings. The summed E-state index contributed by atoms with van der Waals surface area (Å²) in [5.74, 6) is 0. The molecular weight excluding hydrogens is 418 g/mol. The molecule has 0 unspecified atom stereocenters. The second-order valence-electron chi connectivity index (χ2n) is 8.61. The molecule has 0 spiro atoms. The van der Waals surface area contributed by atoms with Crippen LogP contribution in [0.3, 0.4) is 0 Å². The van der Waals surface area contributed by atoms with Gasteiger partial charge in [0.05, 0.1) is 5.60 Å². The average molecular weight is 452 g/mol. The van der Waals surface area contributed by atoms with Crippen LogP contribution in [0.4, 0.5) is 0 Å². The zero-order valence-electron chi connectivity index (χ0n) is 19.0. The summed E-state index contributed by atoms with van der Waals surface area (Å²) in [7, 11) is 3.34. The first-order valence-corrected chi connectivity index (χ1v) is 12.1. The van der Waals surface area contributed by atoms with Gasteiger partial charge in [0.2, 0.25) is 0 Å². The largest absolute Gasteiger partial charge is 0.385 e. The summed E-state index contributed by atoms with van der Waals surface area (Å²) in [6.45, 7) is 2.70. The highest BCUT2D eigenvalue weighted by Crippen LogP contribution is 2.40. The van der Waals surface area contributed by atoms with Gasteiger partial charge < -0.3 is 14.6 Å². The Morgan fingerprint density at radius 2 is 1.53 bits per heavy atom. The van der Waals surface area contributed by atoms with Crippen LogP contribution in [0.1, 0.15) is 39.3 Å². The van der Waals surface area contributed by atoms with Crippen molar-refractivity contribution in [1.82, 2.24) is 4.90 Å². The zero-order chi connectivity index (χ0) is 22.4. The van der Waals surface area contributed by atoms with Crippen molar-refractivity contribution in [2.45, 2.75) is 44.1 Å². The Labute approximate surface area is 195 Å². The molecule has 0 saturated carbocycles. The summed E-state index contributed by atoms with van der Waals surface area (Å²) in [4.78, 5) is 4.88. The van der Waals surface area contributed by atoms with E-state index in [4.69, 9.17) is 9.47 Å². The molecule has 32 heavy (non-hydrogen) atoms. The van der Waals surface area contributed by atoms with Crippen molar-refractivity contribution in [3.8, 4) is 0 Å². The molecule has 170 valence electrons. The molecule has 0 atom stereocenters. The Kier molecular flexibility index (Phi) is 7.76. The third-order valence-corrected chi connectivity index (χ3v) is 7.55. The lowest BCUT2D eigenvalue weighted by molar-refractivity contribution is -0.101. The Bertz CT molecular complexity index is 961. The third-order valence-electron chi connectivity index (χ3n) is 6.39. The average Bonchev–Trinajstić information content (AvgIpc) is 3.23. The molecular formula is C27H33NO3S. The van der Waals surface area contributed by atoms with E-state index in [1.54, 1.807) is 25.6 Å². The van der Waals surface area contributed by atoms with Crippen molar-refractivity contribution in [2.75, 3.05) is 27.3 Å². The molecule has 2 aromatic carbocycles. The lowest BCUT2D eigenvalue weighted by atomic mass is 9.83. The van der Waals surface area contributed by atoms with Crippen LogP contribution >= 0.6 is 11.3 Å². The lowest BCUT2D eigenvalue weighted by Gasteiger charge is -2.39. The van der Waals surface area contributed by atoms with Crippen LogP contribution in [0.5, 0.6) is 0 Å². The van der Waals surface area contributed by atoms with E-state index in [-0.39, 0.29) is 6.29 Å². The number of hydrogen-bond donors (Lipinski definition) is 1. The standard InChI is InChI=1S/C27H33NO3S/c1-30-26(31-2)19-25-24(18-23(32-25)17-21-9-5-3-6-10-21)27(29)13-15-28(16-14-27)20-22-11-7-4-8-12-22/h3-12,18,26,29H,13-17,19-20H2,1-2H3. The topological polar surface area (TPSA) is 41.9 Å². The Morgan fingerprint density at radius 3 is 2.12 bits per heavy atom. The van der Waals surface area contributed by atoms with Gasteiger partial charge in [-0.3, -0.25) is 4.90 Å². The summed E-state index contributed by atoms with van der Waals surface area (Å²) in [5.41, 5.74) is 2.86. The van der Waals surface area contributed by atoms with Crippen LogP contribution in [-0.2, 0) is 34.5 Å². The first kappa shape index (κ1) is 23.1. The smallest absolute Gasteiger partial charge is 0.161 e. The quantitative estimate of drug-likeness (QED) is 0.466. The number of hydrogen-bond acceptors (Lipinski definition) is 5. The van der Waals surface area contributed by atoms with Crippen molar-refractivity contribution in [3.63, 3.8) is 0 Å². The SMILES string of the molecule is COC(Cc1sc(Cc2ccccc2)cc1C1(O)CCN(Cc2ccccc2)CC1)OC. The van der Waals surface area contributed by atoms with Gasteiger partial charge in [0.25, 0.3) is 0 Å². The highest BCUT2D eigenvalue weighted by molar-refractivity contribution is 7.12. The number of ether oxygens (including phenoxy) is 2. The lowest BCUT2D eigenvalue weighted by Crippen LogP contribution is -2.42. The van der Waals surface area contributed by atoms with E-state index < -0.39 is 5.60 Å². The molecule has 1 aromatic heterocycles. The number of benzene rings is 2. The summed E-state index contributed by atoms with van der Waals surface area (Å²) in [5, 5.41) is 11.7. The van der Waals surface area contributed by atoms with E-state index in [9.17, 15) is 5.11 Å². The molecule has 1 aliphatic heterocycles. The molecule has 0 aliphatic carbocycles. The summed E-state index contributed by atoms with van der Waals surface area (Å²) >= 11 is 1.78. The van der Waals surface area contributed by atoms with Gasteiger partial charge in [-0.25, -0.2) is 0 Å². The molecule has 3 aromatic rings. The minimum absolute atomic E-state index is 0.307. The molecule has 1 saturated heterocycles. The van der Waals surface area contributed by atoms with Crippen LogP contribution in [0.25, 0.3) is 0 Å². The van der Waals surface area contributed by atoms with Gasteiger partial charge >= 0.3 is 0 Å². The Morgan fingerprint density at radius 1 is 0.938 bits per heavy atom. The van der Waals surface area contributed by atoms with Gasteiger partial charge in [-0.1, -0.05) is 60.7 Å². The molecule has 2 heterocycles. The van der Waals surface area contributed by atoms with Crippen molar-refractivity contribution in [1.29, 1.82) is 0 Å². The molecule has 1 aliphatic rings. The number of methoxy groups -OCH3 is 2. The first-order chi connectivity index (χ1) is 15.6. The van der Waals surface area contributed by atoms with E-state index >= 15 is 0 Å². The number of thiophene rings is 1. The summed E-state index contributed by atoms with van der Waals surface area (Å²) < 4.78 is 11.0. The number of rotatable bonds is 9. The van der Waals surface area contributed by atoms with Crippen LogP contribution in [-0.4, -0.2) is 43.6 Å². The minimum atomic E-state index is -0.806. The van der Waals surface area contributed by atoms with Crippen LogP contribution < -0.4 is 0 Å². The van der Waals surface area contributed by atoms with Crippen molar-refractivity contribution < 1.29 is 14.6 Å². The molecule has 1 N–H and O–H groups in total. The van der Waals surface area contributed by atoms with Crippen LogP contribution in [0, 0.1) is 0 Å². The maximum Gasteiger partial charge on any atom is 0.161 e. The fourth-order valence-corrected chi connectivity index (χ4v) is 5.83. The molecule has 4 nitrogen and oxygen atoms in total. The zero-order valence-corrected chi connectivity index (χ0v) is 19.8. The van der Waals surface area contributed by atoms with E-state index in [2.05, 4.69) is 65.6 Å². The van der Waals surface area contributed by atoms with Crippen molar-refractivity contribution in [2.24, 2.45) is 0 Å². The van der Waals surface area contributed by atoms with Crippen molar-refractivity contribution in [3.05, 3.63) is 93.2 Å². The maximum absolute atomic E-state index is 11.7. The normalized spacial score (nSPS) is 16.5. The summed E-state index contributed by atoms with van der Waals surface area (Å²) in [6, 6.07) is 23.3. The summed E-state index contributed by atoms with van der Waals surface area (Å²) in [6.07, 6.45) is 2.69. The molecule has 5 heteroatoms. The highest BCUT2D eigenvalue weighted by atomic mass is 32.1. The number of likely N-dealkylation sites (tertiary alicyclic amines) is 1. The fourth-order valence-electron chi connectivity index (χ4n) is 4.52. The van der Waals surface area contributed by atoms with Gasteiger partial charge in [-0.15, -0.1) is 11.3 Å². The van der Waals surface area contributed by atoms with Crippen LogP contribution in [0.15, 0.2) is 66.7 Å². The fraction of sp³-hybridized carbons (Fsp3) is 0.407. The Balaban J connectivity index is 1.52. The third kappa shape index (κ3) is 5.66. The number of nitrogens with zero attached hydrogens (tertiary/aromatic N) is 1. The molecule has 0 radical (unpaired) electrons. The van der Waals surface area contributed by atoms with Crippen molar-refractivity contribution >= 4 is 11.3 Å². The van der Waals surface area contributed by atoms with Gasteiger partial charge in [-0.2, -0.15) is 0 Å². The molecule has 4 rings (SSSR count). The number of aliphatic hydroxyl groups is 1. The highest BCUT2D eigenvalue weighted by Gasteiger charge is 2.37. The van der Waals surface area contributed by atoms with Crippen LogP contribution in [0.2, 0.25) is 0 Å². The second kappa shape index (κ2) is 10.7. The van der Waals surface area contributed by atoms with Gasteiger partial charge in [0, 0.05) is 56.4 Å². The van der Waals surface area contributed by atoms with E-state index in [0.717, 1.165) is 44.5 Å². The Hall–Kier alpha value is -2.02. The van der Waals surface area contributed by atoms with Gasteiger partial charge in [0.1, 0.15) is 0 Å². The predicted octanol–water partition coefficient (Wildman–Crippen LogP) is 4.98. The first-order valence-electron chi connectivity index (χ1n) is 11.3. The maximum atomic E-state index is 11.7. The predicted molar refractivity (Wildman–Crippen MR) is 130 cm³/mol. The van der Waals surface area contributed by atoms with E-state index in [1.165, 1.54) is 20.9 Å². The molecule has 0 bridgehead atoms. The number of piperidine rings is 1. The van der Waals surface area contributed by atoms with E-state index in [1.807, 2.05) is 6.07 Å². The van der Waals surface area contributed by atoms with E-state index in [0.29, 0.717) is 6.42 Å².